The highest BCUT2D eigenvalue weighted by molar-refractivity contribution is 5.83. The smallest absolute Gasteiger partial charge is 0.326 e. The molecule has 2 aliphatic heterocycles. The third-order valence-corrected chi connectivity index (χ3v) is 4.51. The van der Waals surface area contributed by atoms with Crippen molar-refractivity contribution in [3.05, 3.63) is 0 Å². The largest absolute Gasteiger partial charge is 0.480 e. The molecule has 2 fully saturated rings. The van der Waals surface area contributed by atoms with E-state index in [2.05, 4.69) is 4.90 Å². The van der Waals surface area contributed by atoms with Gasteiger partial charge >= 0.3 is 12.0 Å². The lowest BCUT2D eigenvalue weighted by Crippen LogP contribution is -2.61. The van der Waals surface area contributed by atoms with Crippen LogP contribution in [0.15, 0.2) is 0 Å². The normalized spacial score (nSPS) is 32.2. The van der Waals surface area contributed by atoms with E-state index >= 15 is 0 Å². The molecule has 6 nitrogen and oxygen atoms in total. The summed E-state index contributed by atoms with van der Waals surface area (Å²) in [5.41, 5.74) is 0. The van der Waals surface area contributed by atoms with E-state index in [1.807, 2.05) is 25.8 Å². The van der Waals surface area contributed by atoms with Crippen LogP contribution in [-0.4, -0.2) is 77.1 Å². The number of amides is 2. The predicted octanol–water partition coefficient (Wildman–Crippen LogP) is 0.927. The first-order valence-electron chi connectivity index (χ1n) is 7.40. The number of hydrogen-bond acceptors (Lipinski definition) is 3. The second-order valence-corrected chi connectivity index (χ2v) is 6.18. The van der Waals surface area contributed by atoms with Gasteiger partial charge in [0.25, 0.3) is 0 Å². The maximum Gasteiger partial charge on any atom is 0.326 e. The number of nitrogens with zero attached hydrogens (tertiary/aromatic N) is 3. The Balaban J connectivity index is 2.12. The molecule has 0 aromatic rings. The number of carboxylic acids is 1. The van der Waals surface area contributed by atoms with Gasteiger partial charge in [-0.25, -0.2) is 9.59 Å². The topological polar surface area (TPSA) is 64.1 Å². The molecular formula is C14H25N3O3. The lowest BCUT2D eigenvalue weighted by molar-refractivity contribution is -0.145. The summed E-state index contributed by atoms with van der Waals surface area (Å²) < 4.78 is 0. The SMILES string of the molecule is CC1CCCN(C(=O)N2CCN(C)CC2C)C1C(=O)O. The highest BCUT2D eigenvalue weighted by atomic mass is 16.4. The van der Waals surface area contributed by atoms with E-state index < -0.39 is 12.0 Å². The molecule has 0 aromatic heterocycles. The third kappa shape index (κ3) is 2.90. The number of carboxylic acid groups (broad SMARTS) is 1. The maximum absolute atomic E-state index is 12.7. The van der Waals surface area contributed by atoms with Crippen LogP contribution in [0.3, 0.4) is 0 Å². The molecule has 3 unspecified atom stereocenters. The van der Waals surface area contributed by atoms with Crippen molar-refractivity contribution in [2.24, 2.45) is 5.92 Å². The summed E-state index contributed by atoms with van der Waals surface area (Å²) in [5.74, 6) is -0.861. The molecule has 20 heavy (non-hydrogen) atoms. The van der Waals surface area contributed by atoms with E-state index in [4.69, 9.17) is 0 Å². The number of likely N-dealkylation sites (N-methyl/N-ethyl adjacent to an activating group) is 1. The standard InChI is InChI=1S/C14H25N3O3/c1-10-5-4-6-17(12(10)13(18)19)14(20)16-8-7-15(3)9-11(16)2/h10-12H,4-9H2,1-3H3,(H,18,19). The number of urea groups is 1. The Bertz CT molecular complexity index is 388. The van der Waals surface area contributed by atoms with Crippen LogP contribution in [0, 0.1) is 5.92 Å². The molecule has 2 heterocycles. The van der Waals surface area contributed by atoms with Crippen LogP contribution < -0.4 is 0 Å². The van der Waals surface area contributed by atoms with Gasteiger partial charge in [-0.05, 0) is 32.7 Å². The van der Waals surface area contributed by atoms with Crippen LogP contribution in [0.5, 0.6) is 0 Å². The van der Waals surface area contributed by atoms with Crippen molar-refractivity contribution in [1.82, 2.24) is 14.7 Å². The molecule has 2 aliphatic rings. The first-order chi connectivity index (χ1) is 9.41. The molecule has 0 radical (unpaired) electrons. The first-order valence-corrected chi connectivity index (χ1v) is 7.40. The Labute approximate surface area is 120 Å². The van der Waals surface area contributed by atoms with Crippen LogP contribution in [0.2, 0.25) is 0 Å². The van der Waals surface area contributed by atoms with Crippen molar-refractivity contribution in [3.63, 3.8) is 0 Å². The van der Waals surface area contributed by atoms with Gasteiger partial charge in [0.1, 0.15) is 6.04 Å². The van der Waals surface area contributed by atoms with Gasteiger partial charge in [0, 0.05) is 32.2 Å². The van der Waals surface area contributed by atoms with Crippen LogP contribution in [0.4, 0.5) is 4.79 Å². The van der Waals surface area contributed by atoms with Gasteiger partial charge in [-0.15, -0.1) is 0 Å². The summed E-state index contributed by atoms with van der Waals surface area (Å²) in [6.45, 7) is 6.86. The fourth-order valence-corrected chi connectivity index (χ4v) is 3.37. The molecule has 114 valence electrons. The van der Waals surface area contributed by atoms with Gasteiger partial charge in [0.15, 0.2) is 0 Å². The molecule has 0 bridgehead atoms. The molecule has 3 atom stereocenters. The molecule has 0 spiro atoms. The highest BCUT2D eigenvalue weighted by Crippen LogP contribution is 2.25. The lowest BCUT2D eigenvalue weighted by Gasteiger charge is -2.44. The zero-order valence-corrected chi connectivity index (χ0v) is 12.6. The number of hydrogen-bond donors (Lipinski definition) is 1. The summed E-state index contributed by atoms with van der Waals surface area (Å²) in [5, 5.41) is 9.41. The number of likely N-dealkylation sites (tertiary alicyclic amines) is 1. The van der Waals surface area contributed by atoms with Crippen molar-refractivity contribution in [1.29, 1.82) is 0 Å². The van der Waals surface area contributed by atoms with E-state index in [-0.39, 0.29) is 18.0 Å². The summed E-state index contributed by atoms with van der Waals surface area (Å²) in [4.78, 5) is 29.8. The quantitative estimate of drug-likeness (QED) is 0.777. The molecule has 0 aromatic carbocycles. The second kappa shape index (κ2) is 5.99. The Morgan fingerprint density at radius 3 is 2.40 bits per heavy atom. The van der Waals surface area contributed by atoms with Gasteiger partial charge < -0.3 is 19.8 Å². The van der Waals surface area contributed by atoms with E-state index in [1.165, 1.54) is 0 Å². The summed E-state index contributed by atoms with van der Waals surface area (Å²) in [6, 6.07) is -0.652. The van der Waals surface area contributed by atoms with E-state index in [0.29, 0.717) is 13.1 Å². The monoisotopic (exact) mass is 283 g/mol. The number of rotatable bonds is 1. The summed E-state index contributed by atoms with van der Waals surface area (Å²) >= 11 is 0. The molecule has 2 rings (SSSR count). The van der Waals surface area contributed by atoms with E-state index in [0.717, 1.165) is 25.9 Å². The fourth-order valence-electron chi connectivity index (χ4n) is 3.37. The van der Waals surface area contributed by atoms with Crippen molar-refractivity contribution >= 4 is 12.0 Å². The number of carbonyl (C=O) groups is 2. The molecule has 1 N–H and O–H groups in total. The van der Waals surface area contributed by atoms with E-state index in [1.54, 1.807) is 4.90 Å². The minimum atomic E-state index is -0.882. The summed E-state index contributed by atoms with van der Waals surface area (Å²) in [6.07, 6.45) is 1.76. The molecule has 0 aliphatic carbocycles. The zero-order chi connectivity index (χ0) is 14.9. The number of carbonyl (C=O) groups excluding carboxylic acids is 1. The zero-order valence-electron chi connectivity index (χ0n) is 12.6. The average molecular weight is 283 g/mol. The predicted molar refractivity (Wildman–Crippen MR) is 75.6 cm³/mol. The van der Waals surface area contributed by atoms with Gasteiger partial charge in [-0.2, -0.15) is 0 Å². The second-order valence-electron chi connectivity index (χ2n) is 6.18. The Morgan fingerprint density at radius 1 is 1.10 bits per heavy atom. The third-order valence-electron chi connectivity index (χ3n) is 4.51. The van der Waals surface area contributed by atoms with Crippen LogP contribution in [0.1, 0.15) is 26.7 Å². The van der Waals surface area contributed by atoms with Crippen LogP contribution in [-0.2, 0) is 4.79 Å². The minimum absolute atomic E-state index is 0.0213. The molecule has 2 saturated heterocycles. The van der Waals surface area contributed by atoms with Crippen molar-refractivity contribution in [3.8, 4) is 0 Å². The molecule has 2 amide bonds. The van der Waals surface area contributed by atoms with Gasteiger partial charge in [-0.3, -0.25) is 0 Å². The van der Waals surface area contributed by atoms with Gasteiger partial charge in [-0.1, -0.05) is 6.92 Å². The van der Waals surface area contributed by atoms with Crippen molar-refractivity contribution in [2.45, 2.75) is 38.8 Å². The van der Waals surface area contributed by atoms with Crippen LogP contribution >= 0.6 is 0 Å². The van der Waals surface area contributed by atoms with Crippen molar-refractivity contribution < 1.29 is 14.7 Å². The molecular weight excluding hydrogens is 258 g/mol. The maximum atomic E-state index is 12.7. The minimum Gasteiger partial charge on any atom is -0.480 e. The fraction of sp³-hybridized carbons (Fsp3) is 0.857. The Kier molecular flexibility index (Phi) is 4.52. The number of piperazine rings is 1. The van der Waals surface area contributed by atoms with Crippen LogP contribution in [0.25, 0.3) is 0 Å². The summed E-state index contributed by atoms with van der Waals surface area (Å²) in [7, 11) is 2.04. The Hall–Kier alpha value is -1.30. The number of piperidine rings is 1. The number of aliphatic carboxylic acids is 1. The molecule has 6 heteroatoms. The van der Waals surface area contributed by atoms with Gasteiger partial charge in [0.2, 0.25) is 0 Å². The van der Waals surface area contributed by atoms with Crippen molar-refractivity contribution in [2.75, 3.05) is 33.2 Å². The Morgan fingerprint density at radius 2 is 1.80 bits per heavy atom. The average Bonchev–Trinajstić information content (AvgIpc) is 2.37. The first kappa shape index (κ1) is 15.1. The highest BCUT2D eigenvalue weighted by Gasteiger charge is 2.40. The lowest BCUT2D eigenvalue weighted by atomic mass is 9.91. The van der Waals surface area contributed by atoms with E-state index in [9.17, 15) is 14.7 Å². The van der Waals surface area contributed by atoms with Gasteiger partial charge in [0.05, 0.1) is 0 Å². The molecule has 0 saturated carbocycles.